The molecule has 20 heavy (non-hydrogen) atoms. The Balaban J connectivity index is 1.98. The fraction of sp³-hybridized carbons (Fsp3) is 0.688. The van der Waals surface area contributed by atoms with E-state index in [1.807, 2.05) is 0 Å². The van der Waals surface area contributed by atoms with Crippen LogP contribution in [-0.4, -0.2) is 30.8 Å². The molecule has 1 aromatic heterocycles. The molecule has 0 aromatic carbocycles. The highest BCUT2D eigenvalue weighted by molar-refractivity contribution is 5.51. The van der Waals surface area contributed by atoms with E-state index in [1.54, 1.807) is 0 Å². The maximum atomic E-state index is 5.98. The Labute approximate surface area is 121 Å². The second-order valence-corrected chi connectivity index (χ2v) is 5.82. The van der Waals surface area contributed by atoms with Crippen LogP contribution in [0.1, 0.15) is 43.0 Å². The van der Waals surface area contributed by atoms with E-state index in [2.05, 4.69) is 17.9 Å². The number of nitrogens with zero attached hydrogens (tertiary/aromatic N) is 2. The van der Waals surface area contributed by atoms with Crippen molar-refractivity contribution < 1.29 is 4.74 Å². The van der Waals surface area contributed by atoms with Gasteiger partial charge in [-0.1, -0.05) is 6.92 Å². The van der Waals surface area contributed by atoms with Crippen LogP contribution in [-0.2, 0) is 24.1 Å². The molecule has 1 saturated heterocycles. The van der Waals surface area contributed by atoms with E-state index < -0.39 is 0 Å². The molecule has 0 bridgehead atoms. The van der Waals surface area contributed by atoms with Crippen LogP contribution in [0.4, 0.5) is 5.82 Å². The normalized spacial score (nSPS) is 22.7. The summed E-state index contributed by atoms with van der Waals surface area (Å²) in [5.41, 5.74) is 9.89. The monoisotopic (exact) mass is 275 g/mol. The molecule has 4 nitrogen and oxygen atoms in total. The maximum Gasteiger partial charge on any atom is 0.133 e. The van der Waals surface area contributed by atoms with Crippen LogP contribution >= 0.6 is 0 Å². The Morgan fingerprint density at radius 1 is 1.40 bits per heavy atom. The molecule has 1 aliphatic carbocycles. The van der Waals surface area contributed by atoms with Gasteiger partial charge in [0.05, 0.1) is 19.3 Å². The summed E-state index contributed by atoms with van der Waals surface area (Å²) in [5.74, 6) is 1.11. The molecule has 1 atom stereocenters. The molecule has 0 spiro atoms. The second-order valence-electron chi connectivity index (χ2n) is 5.82. The first-order valence-electron chi connectivity index (χ1n) is 7.89. The molecule has 2 heterocycles. The highest BCUT2D eigenvalue weighted by Gasteiger charge is 2.26. The number of anilines is 1. The van der Waals surface area contributed by atoms with E-state index in [0.29, 0.717) is 12.6 Å². The van der Waals surface area contributed by atoms with Gasteiger partial charge in [-0.2, -0.15) is 0 Å². The van der Waals surface area contributed by atoms with Crippen LogP contribution < -0.4 is 10.6 Å². The van der Waals surface area contributed by atoms with Crippen molar-refractivity contribution in [3.05, 3.63) is 22.9 Å². The molecular weight excluding hydrogens is 250 g/mol. The molecular formula is C16H25N3O. The van der Waals surface area contributed by atoms with Gasteiger partial charge in [-0.3, -0.25) is 0 Å². The number of hydrogen-bond acceptors (Lipinski definition) is 4. The third-order valence-electron chi connectivity index (χ3n) is 4.55. The lowest BCUT2D eigenvalue weighted by atomic mass is 9.94. The van der Waals surface area contributed by atoms with Crippen molar-refractivity contribution in [3.8, 4) is 0 Å². The number of hydrogen-bond donors (Lipinski definition) is 1. The van der Waals surface area contributed by atoms with Crippen molar-refractivity contribution >= 4 is 5.82 Å². The molecule has 1 aliphatic heterocycles. The zero-order valence-electron chi connectivity index (χ0n) is 12.4. The summed E-state index contributed by atoms with van der Waals surface area (Å²) in [6.45, 7) is 5.31. The first-order valence-corrected chi connectivity index (χ1v) is 7.89. The minimum atomic E-state index is 0.434. The van der Waals surface area contributed by atoms with Crippen LogP contribution in [0.2, 0.25) is 0 Å². The number of fused-ring (bicyclic) bond motifs is 1. The average molecular weight is 275 g/mol. The van der Waals surface area contributed by atoms with Crippen LogP contribution in [0, 0.1) is 0 Å². The number of aromatic nitrogens is 1. The molecule has 1 aromatic rings. The highest BCUT2D eigenvalue weighted by atomic mass is 16.5. The Hall–Kier alpha value is -1.13. The van der Waals surface area contributed by atoms with E-state index in [0.717, 1.165) is 44.8 Å². The largest absolute Gasteiger partial charge is 0.377 e. The van der Waals surface area contributed by atoms with Gasteiger partial charge in [0.2, 0.25) is 0 Å². The Kier molecular flexibility index (Phi) is 4.22. The standard InChI is InChI=1S/C16H25N3O/c1-2-14-11-20-8-7-19(14)16-13(10-17)9-12-5-3-4-6-15(12)18-16/h9,14H,2-8,10-11,17H2,1H3. The number of rotatable bonds is 3. The Morgan fingerprint density at radius 2 is 2.25 bits per heavy atom. The lowest BCUT2D eigenvalue weighted by Crippen LogP contribution is -2.46. The number of morpholine rings is 1. The highest BCUT2D eigenvalue weighted by Crippen LogP contribution is 2.29. The lowest BCUT2D eigenvalue weighted by Gasteiger charge is -2.37. The summed E-state index contributed by atoms with van der Waals surface area (Å²) in [6.07, 6.45) is 5.92. The van der Waals surface area contributed by atoms with E-state index in [9.17, 15) is 0 Å². The van der Waals surface area contributed by atoms with Gasteiger partial charge in [-0.05, 0) is 43.7 Å². The van der Waals surface area contributed by atoms with Crippen LogP contribution in [0.15, 0.2) is 6.07 Å². The van der Waals surface area contributed by atoms with Crippen molar-refractivity contribution in [1.29, 1.82) is 0 Å². The molecule has 0 amide bonds. The van der Waals surface area contributed by atoms with Crippen molar-refractivity contribution in [2.24, 2.45) is 5.73 Å². The van der Waals surface area contributed by atoms with Crippen molar-refractivity contribution in [1.82, 2.24) is 4.98 Å². The Morgan fingerprint density at radius 3 is 3.05 bits per heavy atom. The van der Waals surface area contributed by atoms with Gasteiger partial charge >= 0.3 is 0 Å². The zero-order valence-corrected chi connectivity index (χ0v) is 12.4. The molecule has 1 fully saturated rings. The first-order chi connectivity index (χ1) is 9.83. The summed E-state index contributed by atoms with van der Waals surface area (Å²) < 4.78 is 5.61. The van der Waals surface area contributed by atoms with Gasteiger partial charge in [0.25, 0.3) is 0 Å². The average Bonchev–Trinajstić information content (AvgIpc) is 2.53. The summed E-state index contributed by atoms with van der Waals surface area (Å²) >= 11 is 0. The number of aryl methyl sites for hydroxylation is 2. The molecule has 3 rings (SSSR count). The van der Waals surface area contributed by atoms with Gasteiger partial charge in [0, 0.05) is 24.3 Å². The predicted molar refractivity (Wildman–Crippen MR) is 81.0 cm³/mol. The summed E-state index contributed by atoms with van der Waals surface area (Å²) in [5, 5.41) is 0. The fourth-order valence-corrected chi connectivity index (χ4v) is 3.34. The molecule has 1 unspecified atom stereocenters. The number of ether oxygens (including phenoxy) is 1. The van der Waals surface area contributed by atoms with Crippen molar-refractivity contribution in [2.75, 3.05) is 24.7 Å². The second kappa shape index (κ2) is 6.10. The minimum Gasteiger partial charge on any atom is -0.377 e. The fourth-order valence-electron chi connectivity index (χ4n) is 3.34. The smallest absolute Gasteiger partial charge is 0.133 e. The lowest BCUT2D eigenvalue weighted by molar-refractivity contribution is 0.0924. The third-order valence-corrected chi connectivity index (χ3v) is 4.55. The van der Waals surface area contributed by atoms with Crippen LogP contribution in [0.5, 0.6) is 0 Å². The van der Waals surface area contributed by atoms with Gasteiger partial charge < -0.3 is 15.4 Å². The Bertz CT molecular complexity index is 475. The molecule has 110 valence electrons. The van der Waals surface area contributed by atoms with Crippen molar-refractivity contribution in [3.63, 3.8) is 0 Å². The molecule has 2 N–H and O–H groups in total. The van der Waals surface area contributed by atoms with Gasteiger partial charge in [-0.15, -0.1) is 0 Å². The molecule has 0 radical (unpaired) electrons. The summed E-state index contributed by atoms with van der Waals surface area (Å²) in [4.78, 5) is 7.41. The minimum absolute atomic E-state index is 0.434. The third kappa shape index (κ3) is 2.54. The van der Waals surface area contributed by atoms with E-state index in [1.165, 1.54) is 29.7 Å². The van der Waals surface area contributed by atoms with E-state index in [4.69, 9.17) is 15.5 Å². The molecule has 0 saturated carbocycles. The number of nitrogens with two attached hydrogens (primary N) is 1. The van der Waals surface area contributed by atoms with Gasteiger partial charge in [0.15, 0.2) is 0 Å². The van der Waals surface area contributed by atoms with E-state index >= 15 is 0 Å². The van der Waals surface area contributed by atoms with Gasteiger partial charge in [-0.25, -0.2) is 4.98 Å². The molecule has 4 heteroatoms. The van der Waals surface area contributed by atoms with E-state index in [-0.39, 0.29) is 0 Å². The van der Waals surface area contributed by atoms with Gasteiger partial charge in [0.1, 0.15) is 5.82 Å². The first kappa shape index (κ1) is 13.8. The summed E-state index contributed by atoms with van der Waals surface area (Å²) in [7, 11) is 0. The van der Waals surface area contributed by atoms with Crippen molar-refractivity contribution in [2.45, 2.75) is 51.6 Å². The predicted octanol–water partition coefficient (Wildman–Crippen LogP) is 2.03. The SMILES string of the molecule is CCC1COCCN1c1nc2c(cc1CN)CCCC2. The van der Waals surface area contributed by atoms with Crippen LogP contribution in [0.25, 0.3) is 0 Å². The summed E-state index contributed by atoms with van der Waals surface area (Å²) in [6, 6.07) is 2.74. The quantitative estimate of drug-likeness (QED) is 0.917. The number of pyridine rings is 1. The molecule has 2 aliphatic rings. The van der Waals surface area contributed by atoms with Crippen LogP contribution in [0.3, 0.4) is 0 Å². The zero-order chi connectivity index (χ0) is 13.9. The maximum absolute atomic E-state index is 5.98. The topological polar surface area (TPSA) is 51.4 Å².